The third kappa shape index (κ3) is 5.27. The molecule has 7 rings (SSSR count). The minimum absolute atomic E-state index is 0.378. The maximum atomic E-state index is 13.9. The summed E-state index contributed by atoms with van der Waals surface area (Å²) in [5.74, 6) is 1.07. The predicted octanol–water partition coefficient (Wildman–Crippen LogP) is 4.23. The van der Waals surface area contributed by atoms with Gasteiger partial charge in [0.05, 0.1) is 32.5 Å². The minimum Gasteiger partial charge on any atom is -0.479 e. The average Bonchev–Trinajstić information content (AvgIpc) is 3.75. The zero-order chi connectivity index (χ0) is 27.9. The van der Waals surface area contributed by atoms with Gasteiger partial charge in [-0.3, -0.25) is 9.74 Å². The van der Waals surface area contributed by atoms with E-state index in [1.165, 1.54) is 24.9 Å². The summed E-state index contributed by atoms with van der Waals surface area (Å²) in [6.45, 7) is 4.25. The summed E-state index contributed by atoms with van der Waals surface area (Å²) in [5, 5.41) is 4.84. The number of benzene rings is 1. The molecule has 1 N–H and O–H groups in total. The highest BCUT2D eigenvalue weighted by molar-refractivity contribution is 5.66. The standard InChI is InChI=1S/C29H33F2N7O3/c1-39-29-24(2-3-27(35-29)36-7-4-21(5-8-36)37-15-23-13-22(37)16-40-23)34-26-14-28(33-17-32-26)38-25(6-9-41-38)18-10-19(30)12-20(31)11-18/h2-3,10-12,14,17,21-23,25H,4-9,13,15-16H2,1H3,(H,32,33,34)/t22-,23-,25+/m0/s1. The molecule has 0 spiro atoms. The van der Waals surface area contributed by atoms with E-state index in [1.54, 1.807) is 18.2 Å². The third-order valence-electron chi connectivity index (χ3n) is 8.55. The van der Waals surface area contributed by atoms with Crippen molar-refractivity contribution in [3.8, 4) is 5.88 Å². The number of aromatic nitrogens is 3. The number of anilines is 4. The molecule has 41 heavy (non-hydrogen) atoms. The molecule has 3 atom stereocenters. The van der Waals surface area contributed by atoms with Crippen molar-refractivity contribution in [2.24, 2.45) is 0 Å². The first-order chi connectivity index (χ1) is 20.0. The number of ether oxygens (including phenoxy) is 2. The van der Waals surface area contributed by atoms with Crippen molar-refractivity contribution in [2.45, 2.75) is 49.9 Å². The van der Waals surface area contributed by atoms with E-state index in [-0.39, 0.29) is 6.04 Å². The van der Waals surface area contributed by atoms with E-state index < -0.39 is 11.6 Å². The van der Waals surface area contributed by atoms with Crippen LogP contribution in [-0.2, 0) is 9.57 Å². The van der Waals surface area contributed by atoms with Gasteiger partial charge in [0.2, 0.25) is 5.88 Å². The molecule has 4 aliphatic rings. The van der Waals surface area contributed by atoms with Crippen molar-refractivity contribution in [1.29, 1.82) is 0 Å². The first kappa shape index (κ1) is 26.3. The monoisotopic (exact) mass is 565 g/mol. The second-order valence-electron chi connectivity index (χ2n) is 11.0. The lowest BCUT2D eigenvalue weighted by molar-refractivity contribution is 0.00658. The van der Waals surface area contributed by atoms with Crippen molar-refractivity contribution in [1.82, 2.24) is 19.9 Å². The molecule has 3 aromatic rings. The van der Waals surface area contributed by atoms with Gasteiger partial charge in [-0.05, 0) is 49.1 Å². The van der Waals surface area contributed by atoms with Crippen molar-refractivity contribution in [2.75, 3.05) is 55.2 Å². The Balaban J connectivity index is 1.03. The smallest absolute Gasteiger partial charge is 0.239 e. The van der Waals surface area contributed by atoms with Gasteiger partial charge in [-0.25, -0.2) is 23.8 Å². The summed E-state index contributed by atoms with van der Waals surface area (Å²) >= 11 is 0. The molecule has 216 valence electrons. The predicted molar refractivity (Wildman–Crippen MR) is 148 cm³/mol. The van der Waals surface area contributed by atoms with Gasteiger partial charge in [0, 0.05) is 50.3 Å². The summed E-state index contributed by atoms with van der Waals surface area (Å²) in [5.41, 5.74) is 1.15. The van der Waals surface area contributed by atoms with Gasteiger partial charge in [-0.2, -0.15) is 4.98 Å². The summed E-state index contributed by atoms with van der Waals surface area (Å²) < 4.78 is 39.2. The minimum atomic E-state index is -0.627. The number of methoxy groups -OCH3 is 1. The number of morpholine rings is 1. The number of piperidine rings is 1. The van der Waals surface area contributed by atoms with Crippen molar-refractivity contribution >= 4 is 23.1 Å². The SMILES string of the molecule is COc1nc(N2CCC(N3C[C@@H]4C[C@H]3CO4)CC2)ccc1Nc1cc(N2OCC[C@@H]2c2cc(F)cc(F)c2)ncn1. The normalized spacial score (nSPS) is 24.8. The Labute approximate surface area is 237 Å². The number of pyridine rings is 1. The van der Waals surface area contributed by atoms with Crippen LogP contribution < -0.4 is 20.0 Å². The van der Waals surface area contributed by atoms with Gasteiger partial charge in [0.1, 0.15) is 35.3 Å². The molecular formula is C29H33F2N7O3. The number of hydroxylamine groups is 1. The highest BCUT2D eigenvalue weighted by atomic mass is 19.1. The highest BCUT2D eigenvalue weighted by Gasteiger charge is 2.42. The molecule has 4 fully saturated rings. The molecule has 2 bridgehead atoms. The molecule has 0 saturated carbocycles. The van der Waals surface area contributed by atoms with Crippen molar-refractivity contribution in [3.05, 3.63) is 59.9 Å². The Morgan fingerprint density at radius 2 is 1.80 bits per heavy atom. The second-order valence-corrected chi connectivity index (χ2v) is 11.0. The van der Waals surface area contributed by atoms with Crippen LogP contribution in [0.15, 0.2) is 42.7 Å². The molecule has 6 heterocycles. The van der Waals surface area contributed by atoms with Gasteiger partial charge in [-0.15, -0.1) is 0 Å². The Morgan fingerprint density at radius 1 is 0.976 bits per heavy atom. The quantitative estimate of drug-likeness (QED) is 0.449. The summed E-state index contributed by atoms with van der Waals surface area (Å²) in [7, 11) is 1.60. The lowest BCUT2D eigenvalue weighted by atomic mass is 10.0. The van der Waals surface area contributed by atoms with Crippen LogP contribution in [0.4, 0.5) is 31.9 Å². The fraction of sp³-hybridized carbons (Fsp3) is 0.483. The topological polar surface area (TPSA) is 88.1 Å². The number of fused-ring (bicyclic) bond motifs is 2. The van der Waals surface area contributed by atoms with Gasteiger partial charge >= 0.3 is 0 Å². The molecule has 0 aliphatic carbocycles. The molecule has 0 unspecified atom stereocenters. The van der Waals surface area contributed by atoms with E-state index in [0.29, 0.717) is 60.0 Å². The maximum absolute atomic E-state index is 13.9. The maximum Gasteiger partial charge on any atom is 0.239 e. The number of halogens is 2. The Kier molecular flexibility index (Phi) is 7.05. The highest BCUT2D eigenvalue weighted by Crippen LogP contribution is 2.37. The molecule has 0 amide bonds. The molecule has 12 heteroatoms. The summed E-state index contributed by atoms with van der Waals surface area (Å²) in [4.78, 5) is 24.3. The average molecular weight is 566 g/mol. The molecule has 0 radical (unpaired) electrons. The first-order valence-corrected chi connectivity index (χ1v) is 14.2. The van der Waals surface area contributed by atoms with E-state index in [2.05, 4.69) is 25.1 Å². The number of hydrogen-bond acceptors (Lipinski definition) is 10. The van der Waals surface area contributed by atoms with Gasteiger partial charge in [-0.1, -0.05) is 0 Å². The van der Waals surface area contributed by atoms with Crippen LogP contribution in [0.5, 0.6) is 5.88 Å². The van der Waals surface area contributed by atoms with Crippen LogP contribution in [0.3, 0.4) is 0 Å². The van der Waals surface area contributed by atoms with Crippen LogP contribution in [0.1, 0.15) is 37.3 Å². The van der Waals surface area contributed by atoms with Gasteiger partial charge in [0.25, 0.3) is 0 Å². The number of nitrogens with one attached hydrogen (secondary N) is 1. The Bertz CT molecular complexity index is 1390. The fourth-order valence-electron chi connectivity index (χ4n) is 6.60. The zero-order valence-corrected chi connectivity index (χ0v) is 22.9. The number of nitrogens with zero attached hydrogens (tertiary/aromatic N) is 6. The Hall–Kier alpha value is -3.61. The molecule has 4 saturated heterocycles. The summed E-state index contributed by atoms with van der Waals surface area (Å²) in [6.07, 6.45) is 5.81. The van der Waals surface area contributed by atoms with E-state index in [4.69, 9.17) is 19.3 Å². The number of likely N-dealkylation sites (tertiary alicyclic amines) is 1. The largest absolute Gasteiger partial charge is 0.479 e. The van der Waals surface area contributed by atoms with Crippen LogP contribution in [0.2, 0.25) is 0 Å². The Morgan fingerprint density at radius 3 is 2.54 bits per heavy atom. The van der Waals surface area contributed by atoms with Gasteiger partial charge in [0.15, 0.2) is 5.82 Å². The fourth-order valence-corrected chi connectivity index (χ4v) is 6.60. The molecule has 2 aromatic heterocycles. The zero-order valence-electron chi connectivity index (χ0n) is 22.9. The summed E-state index contributed by atoms with van der Waals surface area (Å²) in [6, 6.07) is 9.99. The molecule has 4 aliphatic heterocycles. The second kappa shape index (κ2) is 11.0. The molecule has 10 nitrogen and oxygen atoms in total. The lowest BCUT2D eigenvalue weighted by Gasteiger charge is -2.40. The van der Waals surface area contributed by atoms with E-state index in [9.17, 15) is 8.78 Å². The first-order valence-electron chi connectivity index (χ1n) is 14.2. The van der Waals surface area contributed by atoms with Crippen LogP contribution in [0.25, 0.3) is 0 Å². The molecular weight excluding hydrogens is 532 g/mol. The van der Waals surface area contributed by atoms with E-state index >= 15 is 0 Å². The van der Waals surface area contributed by atoms with Gasteiger partial charge < -0.3 is 19.7 Å². The van der Waals surface area contributed by atoms with E-state index in [1.807, 2.05) is 12.1 Å². The van der Waals surface area contributed by atoms with Crippen molar-refractivity contribution < 1.29 is 23.1 Å². The van der Waals surface area contributed by atoms with E-state index in [0.717, 1.165) is 51.0 Å². The van der Waals surface area contributed by atoms with Crippen LogP contribution >= 0.6 is 0 Å². The van der Waals surface area contributed by atoms with Crippen LogP contribution in [0, 0.1) is 11.6 Å². The molecule has 1 aromatic carbocycles. The number of hydrogen-bond donors (Lipinski definition) is 1. The number of rotatable bonds is 7. The van der Waals surface area contributed by atoms with Crippen LogP contribution in [-0.4, -0.2) is 78.0 Å². The van der Waals surface area contributed by atoms with Crippen molar-refractivity contribution in [3.63, 3.8) is 0 Å². The third-order valence-corrected chi connectivity index (χ3v) is 8.55. The lowest BCUT2D eigenvalue weighted by Crippen LogP contribution is -2.49.